The van der Waals surface area contributed by atoms with Crippen molar-refractivity contribution < 1.29 is 9.47 Å². The topological polar surface area (TPSA) is 18.5 Å². The van der Waals surface area contributed by atoms with Crippen LogP contribution in [0.5, 0.6) is 11.5 Å². The Bertz CT molecular complexity index is 777. The number of benzene rings is 1. The monoisotopic (exact) mass is 414 g/mol. The van der Waals surface area contributed by atoms with Crippen molar-refractivity contribution in [2.45, 2.75) is 95.3 Å². The molecule has 4 atom stereocenters. The zero-order valence-electron chi connectivity index (χ0n) is 19.1. The average molecular weight is 415 g/mol. The van der Waals surface area contributed by atoms with Crippen molar-refractivity contribution >= 4 is 14.2 Å². The summed E-state index contributed by atoms with van der Waals surface area (Å²) in [4.78, 5) is 0. The van der Waals surface area contributed by atoms with E-state index in [-0.39, 0.29) is 5.41 Å². The van der Waals surface area contributed by atoms with Gasteiger partial charge in [0.05, 0.1) is 14.2 Å². The van der Waals surface area contributed by atoms with E-state index in [1.165, 1.54) is 74.5 Å². The summed E-state index contributed by atoms with van der Waals surface area (Å²) in [6.07, 6.45) is 12.9. The molecule has 4 rings (SSSR count). The predicted molar refractivity (Wildman–Crippen MR) is 126 cm³/mol. The number of hydrogen-bond donors (Lipinski definition) is 0. The van der Waals surface area contributed by atoms with Gasteiger partial charge in [0.1, 0.15) is 11.5 Å². The second-order valence-electron chi connectivity index (χ2n) is 9.67. The lowest BCUT2D eigenvalue weighted by atomic mass is 9.64. The summed E-state index contributed by atoms with van der Waals surface area (Å²) < 4.78 is 11.8. The minimum absolute atomic E-state index is 0.0616. The first-order chi connectivity index (χ1) is 14.0. The molecule has 0 aromatic heterocycles. The van der Waals surface area contributed by atoms with E-state index in [1.807, 2.05) is 7.11 Å². The van der Waals surface area contributed by atoms with Gasteiger partial charge < -0.3 is 9.47 Å². The number of hydrogen-bond acceptors (Lipinski definition) is 2. The minimum Gasteiger partial charge on any atom is -0.496 e. The van der Waals surface area contributed by atoms with Gasteiger partial charge in [-0.3, -0.25) is 0 Å². The zero-order valence-corrected chi connectivity index (χ0v) is 20.1. The highest BCUT2D eigenvalue weighted by Gasteiger charge is 2.50. The smallest absolute Gasteiger partial charge is 0.126 e. The van der Waals surface area contributed by atoms with Crippen LogP contribution in [0.2, 0.25) is 0 Å². The Morgan fingerprint density at radius 1 is 0.862 bits per heavy atom. The molecule has 2 fully saturated rings. The molecule has 3 heteroatoms. The van der Waals surface area contributed by atoms with Gasteiger partial charge in [-0.1, -0.05) is 44.6 Å². The highest BCUT2D eigenvalue weighted by molar-refractivity contribution is 7.39. The van der Waals surface area contributed by atoms with E-state index in [0.29, 0.717) is 5.92 Å². The van der Waals surface area contributed by atoms with Crippen LogP contribution < -0.4 is 9.47 Å². The van der Waals surface area contributed by atoms with Gasteiger partial charge in [0.25, 0.3) is 0 Å². The Morgan fingerprint density at radius 2 is 1.48 bits per heavy atom. The van der Waals surface area contributed by atoms with Gasteiger partial charge in [-0.25, -0.2) is 0 Å². The molecule has 2 saturated carbocycles. The van der Waals surface area contributed by atoms with Crippen molar-refractivity contribution in [3.63, 3.8) is 0 Å². The van der Waals surface area contributed by atoms with E-state index in [0.717, 1.165) is 31.4 Å². The van der Waals surface area contributed by atoms with Gasteiger partial charge in [0.2, 0.25) is 0 Å². The highest BCUT2D eigenvalue weighted by Crippen LogP contribution is 2.61. The molecule has 0 spiro atoms. The molecular weight excluding hydrogens is 375 g/mol. The Balaban J connectivity index is 1.76. The summed E-state index contributed by atoms with van der Waals surface area (Å²) in [5, 5.41) is 0. The van der Waals surface area contributed by atoms with Crippen molar-refractivity contribution in [1.82, 2.24) is 0 Å². The molecule has 0 saturated heterocycles. The van der Waals surface area contributed by atoms with Crippen LogP contribution in [0.1, 0.15) is 89.7 Å². The Labute approximate surface area is 179 Å². The third-order valence-corrected chi connectivity index (χ3v) is 10.5. The van der Waals surface area contributed by atoms with Crippen molar-refractivity contribution in [2.75, 3.05) is 14.2 Å². The van der Waals surface area contributed by atoms with Gasteiger partial charge in [-0.2, -0.15) is 0 Å². The Morgan fingerprint density at radius 3 is 2.17 bits per heavy atom. The van der Waals surface area contributed by atoms with E-state index >= 15 is 0 Å². The fourth-order valence-electron chi connectivity index (χ4n) is 6.61. The van der Waals surface area contributed by atoms with Crippen molar-refractivity contribution in [3.05, 3.63) is 28.8 Å². The zero-order chi connectivity index (χ0) is 20.6. The summed E-state index contributed by atoms with van der Waals surface area (Å²) in [7, 11) is 4.76. The molecule has 0 aliphatic heterocycles. The standard InChI is InChI=1S/C26H39O2P/c1-17-18(2)26(3,25-22(28-5)16-15-21(27-4)24(17)25)20-13-9-10-14-23(20)29-19-11-7-6-8-12-19/h15-16,19-20,23,29H,6-14H2,1-5H3. The average Bonchev–Trinajstić information content (AvgIpc) is 2.97. The maximum atomic E-state index is 5.94. The first kappa shape index (κ1) is 21.2. The number of fused-ring (bicyclic) bond motifs is 1. The number of methoxy groups -OCH3 is 2. The van der Waals surface area contributed by atoms with Crippen LogP contribution in [0.3, 0.4) is 0 Å². The second kappa shape index (κ2) is 8.62. The molecule has 2 nitrogen and oxygen atoms in total. The second-order valence-corrected chi connectivity index (χ2v) is 11.6. The molecular formula is C26H39O2P. The normalized spacial score (nSPS) is 30.8. The molecule has 3 aliphatic rings. The molecule has 160 valence electrons. The summed E-state index contributed by atoms with van der Waals surface area (Å²) in [6.45, 7) is 7.19. The number of ether oxygens (including phenoxy) is 2. The maximum absolute atomic E-state index is 5.94. The molecule has 0 heterocycles. The maximum Gasteiger partial charge on any atom is 0.126 e. The van der Waals surface area contributed by atoms with Crippen LogP contribution in [0, 0.1) is 5.92 Å². The van der Waals surface area contributed by atoms with E-state index in [4.69, 9.17) is 9.47 Å². The van der Waals surface area contributed by atoms with Gasteiger partial charge in [-0.05, 0) is 74.5 Å². The Hall–Kier alpha value is -1.01. The molecule has 1 aromatic carbocycles. The minimum atomic E-state index is 0.0616. The van der Waals surface area contributed by atoms with Gasteiger partial charge in [0.15, 0.2) is 0 Å². The Kier molecular flexibility index (Phi) is 6.31. The molecule has 0 radical (unpaired) electrons. The van der Waals surface area contributed by atoms with Crippen LogP contribution in [-0.2, 0) is 5.41 Å². The van der Waals surface area contributed by atoms with E-state index in [9.17, 15) is 0 Å². The molecule has 4 unspecified atom stereocenters. The lowest BCUT2D eigenvalue weighted by molar-refractivity contribution is 0.253. The third kappa shape index (κ3) is 3.54. The van der Waals surface area contributed by atoms with Crippen molar-refractivity contribution in [2.24, 2.45) is 5.92 Å². The van der Waals surface area contributed by atoms with Crippen LogP contribution in [0.15, 0.2) is 17.7 Å². The summed E-state index contributed by atoms with van der Waals surface area (Å²) >= 11 is 0. The van der Waals surface area contributed by atoms with Gasteiger partial charge >= 0.3 is 0 Å². The molecule has 29 heavy (non-hydrogen) atoms. The fourth-order valence-corrected chi connectivity index (χ4v) is 9.06. The molecule has 0 N–H and O–H groups in total. The van der Waals surface area contributed by atoms with Crippen LogP contribution in [0.25, 0.3) is 5.57 Å². The van der Waals surface area contributed by atoms with Crippen molar-refractivity contribution in [1.29, 1.82) is 0 Å². The number of allylic oxidation sites excluding steroid dienone is 2. The first-order valence-electron chi connectivity index (χ1n) is 11.7. The summed E-state index contributed by atoms with van der Waals surface area (Å²) in [5.74, 6) is 2.77. The van der Waals surface area contributed by atoms with Gasteiger partial charge in [-0.15, -0.1) is 8.58 Å². The van der Waals surface area contributed by atoms with E-state index in [2.05, 4.69) is 32.9 Å². The van der Waals surface area contributed by atoms with Crippen LogP contribution in [-0.4, -0.2) is 25.5 Å². The predicted octanol–water partition coefficient (Wildman–Crippen LogP) is 7.34. The van der Waals surface area contributed by atoms with Crippen molar-refractivity contribution in [3.8, 4) is 11.5 Å². The van der Waals surface area contributed by atoms with E-state index < -0.39 is 0 Å². The first-order valence-corrected chi connectivity index (χ1v) is 12.9. The van der Waals surface area contributed by atoms with Crippen LogP contribution in [0.4, 0.5) is 0 Å². The molecule has 3 aliphatic carbocycles. The van der Waals surface area contributed by atoms with Crippen LogP contribution >= 0.6 is 8.58 Å². The quantitative estimate of drug-likeness (QED) is 0.469. The third-order valence-electron chi connectivity index (χ3n) is 8.37. The fraction of sp³-hybridized carbons (Fsp3) is 0.692. The number of rotatable bonds is 5. The summed E-state index contributed by atoms with van der Waals surface area (Å²) in [5.41, 5.74) is 7.56. The lowest BCUT2D eigenvalue weighted by Crippen LogP contribution is -2.40. The van der Waals surface area contributed by atoms with E-state index in [1.54, 1.807) is 12.7 Å². The highest BCUT2D eigenvalue weighted by atomic mass is 31.1. The molecule has 0 bridgehead atoms. The molecule has 1 aromatic rings. The van der Waals surface area contributed by atoms with Gasteiger partial charge in [0, 0.05) is 16.5 Å². The SMILES string of the molecule is COc1ccc(OC)c2c1C(C)=C(C)C2(C)C1CCCCC1PC1CCCCC1. The molecule has 0 amide bonds. The summed E-state index contributed by atoms with van der Waals surface area (Å²) in [6, 6.07) is 4.21. The largest absolute Gasteiger partial charge is 0.496 e. The lowest BCUT2D eigenvalue weighted by Gasteiger charge is -2.46.